The van der Waals surface area contributed by atoms with E-state index in [4.69, 9.17) is 4.74 Å². The van der Waals surface area contributed by atoms with Crippen LogP contribution in [0, 0.1) is 0 Å². The van der Waals surface area contributed by atoms with E-state index in [1.54, 1.807) is 0 Å². The molecule has 0 unspecified atom stereocenters. The summed E-state index contributed by atoms with van der Waals surface area (Å²) in [5.74, 6) is 1.70. The zero-order valence-corrected chi connectivity index (χ0v) is 10.3. The lowest BCUT2D eigenvalue weighted by molar-refractivity contribution is 0.155. The predicted molar refractivity (Wildman–Crippen MR) is 64.5 cm³/mol. The van der Waals surface area contributed by atoms with Gasteiger partial charge in [0.1, 0.15) is 0 Å². The van der Waals surface area contributed by atoms with Gasteiger partial charge in [-0.2, -0.15) is 0 Å². The number of rotatable bonds is 6. The Morgan fingerprint density at radius 1 is 1.53 bits per heavy atom. The van der Waals surface area contributed by atoms with Gasteiger partial charge in [-0.15, -0.1) is 0 Å². The van der Waals surface area contributed by atoms with Crippen molar-refractivity contribution >= 4 is 10.8 Å². The number of ether oxygens (including phenoxy) is 1. The third-order valence-corrected chi connectivity index (χ3v) is 3.80. The first kappa shape index (κ1) is 12.9. The van der Waals surface area contributed by atoms with Gasteiger partial charge in [-0.05, 0) is 19.8 Å². The Kier molecular flexibility index (Phi) is 6.13. The molecule has 0 aromatic carbocycles. The average molecular weight is 231 g/mol. The molecular weight excluding hydrogens is 210 g/mol. The SMILES string of the molecule is C=C(C)COCCNC1CCS(=O)CC1. The smallest absolute Gasteiger partial charge is 0.0672 e. The quantitative estimate of drug-likeness (QED) is 0.549. The summed E-state index contributed by atoms with van der Waals surface area (Å²) in [6, 6.07) is 0.538. The Hall–Kier alpha value is -0.190. The fraction of sp³-hybridized carbons (Fsp3) is 0.818. The number of hydrogen-bond donors (Lipinski definition) is 1. The summed E-state index contributed by atoms with van der Waals surface area (Å²) in [6.07, 6.45) is 2.07. The van der Waals surface area contributed by atoms with Crippen LogP contribution in [-0.4, -0.2) is 41.5 Å². The van der Waals surface area contributed by atoms with Crippen LogP contribution in [0.3, 0.4) is 0 Å². The third kappa shape index (κ3) is 6.07. The largest absolute Gasteiger partial charge is 0.376 e. The van der Waals surface area contributed by atoms with Crippen molar-refractivity contribution in [2.24, 2.45) is 0 Å². The second kappa shape index (κ2) is 7.14. The molecule has 1 aliphatic heterocycles. The molecule has 0 atom stereocenters. The lowest BCUT2D eigenvalue weighted by Gasteiger charge is -2.22. The molecule has 0 spiro atoms. The maximum absolute atomic E-state index is 11.1. The van der Waals surface area contributed by atoms with E-state index in [-0.39, 0.29) is 0 Å². The molecule has 0 amide bonds. The van der Waals surface area contributed by atoms with Crippen LogP contribution in [0.4, 0.5) is 0 Å². The van der Waals surface area contributed by atoms with Crippen molar-refractivity contribution in [3.63, 3.8) is 0 Å². The average Bonchev–Trinajstić information content (AvgIpc) is 2.20. The van der Waals surface area contributed by atoms with Crippen molar-refractivity contribution < 1.29 is 8.95 Å². The van der Waals surface area contributed by atoms with Crippen molar-refractivity contribution in [3.8, 4) is 0 Å². The molecule has 1 fully saturated rings. The fourth-order valence-electron chi connectivity index (χ4n) is 1.58. The summed E-state index contributed by atoms with van der Waals surface area (Å²) >= 11 is 0. The van der Waals surface area contributed by atoms with Gasteiger partial charge in [-0.3, -0.25) is 4.21 Å². The Labute approximate surface area is 94.7 Å². The minimum absolute atomic E-state index is 0.538. The molecule has 0 aromatic rings. The first-order valence-corrected chi connectivity index (χ1v) is 6.98. The molecule has 1 heterocycles. The molecule has 15 heavy (non-hydrogen) atoms. The first-order valence-electron chi connectivity index (χ1n) is 5.49. The normalized spacial score (nSPS) is 26.5. The third-order valence-electron chi connectivity index (χ3n) is 2.42. The van der Waals surface area contributed by atoms with Crippen molar-refractivity contribution in [1.82, 2.24) is 5.32 Å². The summed E-state index contributed by atoms with van der Waals surface area (Å²) in [7, 11) is -0.559. The van der Waals surface area contributed by atoms with Crippen LogP contribution in [0.15, 0.2) is 12.2 Å². The van der Waals surface area contributed by atoms with Gasteiger partial charge < -0.3 is 10.1 Å². The zero-order valence-electron chi connectivity index (χ0n) is 9.46. The summed E-state index contributed by atoms with van der Waals surface area (Å²) in [6.45, 7) is 7.99. The summed E-state index contributed by atoms with van der Waals surface area (Å²) < 4.78 is 16.5. The predicted octanol–water partition coefficient (Wildman–Crippen LogP) is 1.08. The van der Waals surface area contributed by atoms with Gasteiger partial charge in [-0.25, -0.2) is 0 Å². The molecule has 4 heteroatoms. The topological polar surface area (TPSA) is 38.3 Å². The van der Waals surface area contributed by atoms with Crippen molar-refractivity contribution in [2.75, 3.05) is 31.3 Å². The molecule has 1 saturated heterocycles. The van der Waals surface area contributed by atoms with E-state index in [1.165, 1.54) is 0 Å². The standard InChI is InChI=1S/C11H21NO2S/c1-10(2)9-14-6-5-12-11-3-7-15(13)8-4-11/h11-12H,1,3-9H2,2H3. The van der Waals surface area contributed by atoms with Gasteiger partial charge >= 0.3 is 0 Å². The highest BCUT2D eigenvalue weighted by Crippen LogP contribution is 2.08. The lowest BCUT2D eigenvalue weighted by Crippen LogP contribution is -2.37. The minimum atomic E-state index is -0.559. The van der Waals surface area contributed by atoms with E-state index >= 15 is 0 Å². The van der Waals surface area contributed by atoms with Crippen LogP contribution in [0.1, 0.15) is 19.8 Å². The molecule has 1 N–H and O–H groups in total. The second-order valence-corrected chi connectivity index (χ2v) is 5.78. The van der Waals surface area contributed by atoms with Crippen LogP contribution in [-0.2, 0) is 15.5 Å². The highest BCUT2D eigenvalue weighted by atomic mass is 32.2. The van der Waals surface area contributed by atoms with E-state index in [9.17, 15) is 4.21 Å². The Balaban J connectivity index is 1.96. The van der Waals surface area contributed by atoms with Gasteiger partial charge in [0, 0.05) is 34.9 Å². The molecule has 0 bridgehead atoms. The molecule has 0 aromatic heterocycles. The zero-order chi connectivity index (χ0) is 11.1. The Morgan fingerprint density at radius 2 is 2.20 bits per heavy atom. The van der Waals surface area contributed by atoms with Gasteiger partial charge in [0.05, 0.1) is 13.2 Å². The van der Waals surface area contributed by atoms with E-state index in [2.05, 4.69) is 11.9 Å². The molecule has 3 nitrogen and oxygen atoms in total. The lowest BCUT2D eigenvalue weighted by atomic mass is 10.1. The molecule has 0 radical (unpaired) electrons. The van der Waals surface area contributed by atoms with E-state index in [0.29, 0.717) is 12.6 Å². The molecular formula is C11H21NO2S. The summed E-state index contributed by atoms with van der Waals surface area (Å²) in [4.78, 5) is 0. The second-order valence-electron chi connectivity index (χ2n) is 4.09. The molecule has 1 aliphatic rings. The Morgan fingerprint density at radius 3 is 2.80 bits per heavy atom. The van der Waals surface area contributed by atoms with Gasteiger partial charge in [0.25, 0.3) is 0 Å². The van der Waals surface area contributed by atoms with Gasteiger partial charge in [0.15, 0.2) is 0 Å². The number of nitrogens with one attached hydrogen (secondary N) is 1. The van der Waals surface area contributed by atoms with E-state index in [1.807, 2.05) is 6.92 Å². The molecule has 1 rings (SSSR count). The summed E-state index contributed by atoms with van der Waals surface area (Å²) in [5, 5.41) is 3.43. The monoisotopic (exact) mass is 231 g/mol. The van der Waals surface area contributed by atoms with Crippen LogP contribution < -0.4 is 5.32 Å². The van der Waals surface area contributed by atoms with Crippen LogP contribution in [0.2, 0.25) is 0 Å². The van der Waals surface area contributed by atoms with E-state index < -0.39 is 10.8 Å². The van der Waals surface area contributed by atoms with Gasteiger partial charge in [0.2, 0.25) is 0 Å². The number of hydrogen-bond acceptors (Lipinski definition) is 3. The summed E-state index contributed by atoms with van der Waals surface area (Å²) in [5.41, 5.74) is 1.06. The van der Waals surface area contributed by atoms with Crippen LogP contribution >= 0.6 is 0 Å². The van der Waals surface area contributed by atoms with Gasteiger partial charge in [-0.1, -0.05) is 12.2 Å². The van der Waals surface area contributed by atoms with Crippen LogP contribution in [0.5, 0.6) is 0 Å². The van der Waals surface area contributed by atoms with Crippen molar-refractivity contribution in [1.29, 1.82) is 0 Å². The highest BCUT2D eigenvalue weighted by molar-refractivity contribution is 7.85. The minimum Gasteiger partial charge on any atom is -0.376 e. The highest BCUT2D eigenvalue weighted by Gasteiger charge is 2.16. The molecule has 0 aliphatic carbocycles. The Bertz CT molecular complexity index is 221. The fourth-order valence-corrected chi connectivity index (χ4v) is 2.88. The molecule has 0 saturated carbocycles. The van der Waals surface area contributed by atoms with Crippen LogP contribution in [0.25, 0.3) is 0 Å². The maximum atomic E-state index is 11.1. The maximum Gasteiger partial charge on any atom is 0.0672 e. The van der Waals surface area contributed by atoms with Crippen molar-refractivity contribution in [2.45, 2.75) is 25.8 Å². The first-order chi connectivity index (χ1) is 7.18. The van der Waals surface area contributed by atoms with E-state index in [0.717, 1.165) is 43.1 Å². The van der Waals surface area contributed by atoms with Crippen molar-refractivity contribution in [3.05, 3.63) is 12.2 Å². The molecule has 88 valence electrons.